The van der Waals surface area contributed by atoms with E-state index in [-0.39, 0.29) is 0 Å². The van der Waals surface area contributed by atoms with Crippen molar-refractivity contribution in [1.29, 1.82) is 0 Å². The van der Waals surface area contributed by atoms with Crippen molar-refractivity contribution in [2.24, 2.45) is 10.8 Å². The number of benzene rings is 1. The Hall–Kier alpha value is -1.26. The van der Waals surface area contributed by atoms with Crippen molar-refractivity contribution in [2.75, 3.05) is 0 Å². The molecule has 0 aromatic heterocycles. The van der Waals surface area contributed by atoms with Gasteiger partial charge in [0.25, 0.3) is 0 Å². The first-order chi connectivity index (χ1) is 6.59. The molecular weight excluding hydrogens is 225 g/mol. The number of halogens is 2. The lowest BCUT2D eigenvalue weighted by Crippen LogP contribution is -2.24. The predicted molar refractivity (Wildman–Crippen MR) is 56.8 cm³/mol. The van der Waals surface area contributed by atoms with Gasteiger partial charge in [0, 0.05) is 15.6 Å². The summed E-state index contributed by atoms with van der Waals surface area (Å²) in [5, 5.41) is 4.58. The molecule has 0 unspecified atom stereocenters. The number of amides is 2. The summed E-state index contributed by atoms with van der Waals surface area (Å²) in [5.74, 6) is 0. The van der Waals surface area contributed by atoms with Gasteiger partial charge in [0.2, 0.25) is 0 Å². The molecule has 74 valence electrons. The van der Waals surface area contributed by atoms with E-state index in [9.17, 15) is 4.79 Å². The van der Waals surface area contributed by atoms with E-state index in [0.29, 0.717) is 15.6 Å². The molecule has 2 amide bonds. The molecule has 0 aliphatic rings. The molecule has 0 saturated carbocycles. The largest absolute Gasteiger partial charge is 0.350 e. The summed E-state index contributed by atoms with van der Waals surface area (Å²) in [6, 6.07) is 4.17. The molecule has 0 heterocycles. The van der Waals surface area contributed by atoms with Crippen molar-refractivity contribution in [1.82, 2.24) is 5.43 Å². The molecule has 4 nitrogen and oxygen atoms in total. The van der Waals surface area contributed by atoms with Gasteiger partial charge in [-0.2, -0.15) is 5.10 Å². The molecule has 0 radical (unpaired) electrons. The van der Waals surface area contributed by atoms with Crippen molar-refractivity contribution >= 4 is 35.4 Å². The second kappa shape index (κ2) is 4.83. The van der Waals surface area contributed by atoms with Gasteiger partial charge in [-0.3, -0.25) is 0 Å². The Bertz CT molecular complexity index is 379. The van der Waals surface area contributed by atoms with Gasteiger partial charge in [0.05, 0.1) is 6.21 Å². The van der Waals surface area contributed by atoms with E-state index in [4.69, 9.17) is 28.9 Å². The number of nitrogens with two attached hydrogens (primary N) is 1. The maximum atomic E-state index is 10.3. The molecule has 0 atom stereocenters. The topological polar surface area (TPSA) is 67.5 Å². The quantitative estimate of drug-likeness (QED) is 0.594. The van der Waals surface area contributed by atoms with Crippen molar-refractivity contribution < 1.29 is 4.79 Å². The third kappa shape index (κ3) is 3.24. The molecule has 1 rings (SSSR count). The van der Waals surface area contributed by atoms with Crippen LogP contribution in [0.2, 0.25) is 10.0 Å². The number of nitrogens with one attached hydrogen (secondary N) is 1. The van der Waals surface area contributed by atoms with Gasteiger partial charge < -0.3 is 5.73 Å². The van der Waals surface area contributed by atoms with Crippen LogP contribution in [0.5, 0.6) is 0 Å². The molecule has 1 aromatic rings. The summed E-state index contributed by atoms with van der Waals surface area (Å²) < 4.78 is 0. The highest BCUT2D eigenvalue weighted by Crippen LogP contribution is 2.18. The highest BCUT2D eigenvalue weighted by molar-refractivity contribution is 6.35. The van der Waals surface area contributed by atoms with E-state index in [1.165, 1.54) is 6.21 Å². The van der Waals surface area contributed by atoms with E-state index in [1.807, 2.05) is 5.43 Å². The summed E-state index contributed by atoms with van der Waals surface area (Å²) in [5.41, 5.74) is 7.45. The lowest BCUT2D eigenvalue weighted by Gasteiger charge is -1.97. The Morgan fingerprint density at radius 2 is 2.21 bits per heavy atom. The van der Waals surface area contributed by atoms with Gasteiger partial charge in [0.15, 0.2) is 0 Å². The molecule has 3 N–H and O–H groups in total. The maximum Gasteiger partial charge on any atom is 0.332 e. The van der Waals surface area contributed by atoms with Crippen molar-refractivity contribution in [2.45, 2.75) is 0 Å². The van der Waals surface area contributed by atoms with Gasteiger partial charge in [-0.15, -0.1) is 0 Å². The molecule has 0 bridgehead atoms. The molecule has 0 aliphatic carbocycles. The summed E-state index contributed by atoms with van der Waals surface area (Å²) >= 11 is 11.5. The van der Waals surface area contributed by atoms with Gasteiger partial charge in [0.1, 0.15) is 0 Å². The maximum absolute atomic E-state index is 10.3. The summed E-state index contributed by atoms with van der Waals surface area (Å²) in [6.07, 6.45) is 1.36. The fourth-order valence-electron chi connectivity index (χ4n) is 0.779. The first-order valence-corrected chi connectivity index (χ1v) is 4.39. The highest BCUT2D eigenvalue weighted by atomic mass is 35.5. The monoisotopic (exact) mass is 231 g/mol. The van der Waals surface area contributed by atoms with Gasteiger partial charge in [-0.1, -0.05) is 23.2 Å². The van der Waals surface area contributed by atoms with E-state index in [2.05, 4.69) is 5.10 Å². The second-order valence-corrected chi connectivity index (χ2v) is 3.24. The Labute approximate surface area is 90.7 Å². The summed E-state index contributed by atoms with van der Waals surface area (Å²) in [4.78, 5) is 10.3. The predicted octanol–water partition coefficient (Wildman–Crippen LogP) is 2.00. The molecule has 14 heavy (non-hydrogen) atoms. The molecule has 0 fully saturated rings. The first-order valence-electron chi connectivity index (χ1n) is 3.63. The number of hydrogen-bond acceptors (Lipinski definition) is 2. The van der Waals surface area contributed by atoms with Crippen LogP contribution in [0.25, 0.3) is 0 Å². The van der Waals surface area contributed by atoms with Crippen LogP contribution in [0.4, 0.5) is 4.79 Å². The van der Waals surface area contributed by atoms with Crippen molar-refractivity contribution in [3.8, 4) is 0 Å². The highest BCUT2D eigenvalue weighted by Gasteiger charge is 1.97. The van der Waals surface area contributed by atoms with E-state index < -0.39 is 6.03 Å². The van der Waals surface area contributed by atoms with Gasteiger partial charge in [-0.05, 0) is 18.2 Å². The van der Waals surface area contributed by atoms with Crippen LogP contribution < -0.4 is 11.2 Å². The normalized spacial score (nSPS) is 10.4. The SMILES string of the molecule is NC(=O)NN=Cc1cc(Cl)ccc1Cl. The zero-order valence-electron chi connectivity index (χ0n) is 7.00. The van der Waals surface area contributed by atoms with E-state index in [1.54, 1.807) is 18.2 Å². The molecule has 1 aromatic carbocycles. The van der Waals surface area contributed by atoms with Crippen LogP contribution >= 0.6 is 23.2 Å². The summed E-state index contributed by atoms with van der Waals surface area (Å²) in [6.45, 7) is 0. The standard InChI is InChI=1S/C8H7Cl2N3O/c9-6-1-2-7(10)5(3-6)4-12-13-8(11)14/h1-4H,(H3,11,13,14). The minimum atomic E-state index is -0.737. The lowest BCUT2D eigenvalue weighted by atomic mass is 10.2. The van der Waals surface area contributed by atoms with E-state index in [0.717, 1.165) is 0 Å². The fourth-order valence-corrected chi connectivity index (χ4v) is 1.13. The number of carbonyl (C=O) groups excluding carboxylic acids is 1. The zero-order chi connectivity index (χ0) is 10.6. The van der Waals surface area contributed by atoms with Crippen molar-refractivity contribution in [3.63, 3.8) is 0 Å². The van der Waals surface area contributed by atoms with Crippen LogP contribution in [0.1, 0.15) is 5.56 Å². The molecule has 0 spiro atoms. The number of carbonyl (C=O) groups is 1. The van der Waals surface area contributed by atoms with Crippen LogP contribution in [-0.2, 0) is 0 Å². The minimum Gasteiger partial charge on any atom is -0.350 e. The smallest absolute Gasteiger partial charge is 0.332 e. The molecular formula is C8H7Cl2N3O. The average molecular weight is 232 g/mol. The lowest BCUT2D eigenvalue weighted by molar-refractivity contribution is 0.249. The Kier molecular flexibility index (Phi) is 3.73. The van der Waals surface area contributed by atoms with Gasteiger partial charge >= 0.3 is 6.03 Å². The molecule has 0 saturated heterocycles. The molecule has 6 heteroatoms. The number of hydrazone groups is 1. The fraction of sp³-hybridized carbons (Fsp3) is 0. The number of nitrogens with zero attached hydrogens (tertiary/aromatic N) is 1. The zero-order valence-corrected chi connectivity index (χ0v) is 8.51. The van der Waals surface area contributed by atoms with Crippen LogP contribution in [0.15, 0.2) is 23.3 Å². The first kappa shape index (κ1) is 10.8. The van der Waals surface area contributed by atoms with Gasteiger partial charge in [-0.25, -0.2) is 10.2 Å². The van der Waals surface area contributed by atoms with E-state index >= 15 is 0 Å². The minimum absolute atomic E-state index is 0.490. The van der Waals surface area contributed by atoms with Crippen LogP contribution in [-0.4, -0.2) is 12.2 Å². The summed E-state index contributed by atoms with van der Waals surface area (Å²) in [7, 11) is 0. The Balaban J connectivity index is 2.80. The second-order valence-electron chi connectivity index (χ2n) is 2.40. The third-order valence-electron chi connectivity index (χ3n) is 1.34. The Morgan fingerprint density at radius 1 is 1.50 bits per heavy atom. The third-order valence-corrected chi connectivity index (χ3v) is 1.92. The number of rotatable bonds is 2. The van der Waals surface area contributed by atoms with Crippen molar-refractivity contribution in [3.05, 3.63) is 33.8 Å². The van der Waals surface area contributed by atoms with Crippen LogP contribution in [0.3, 0.4) is 0 Å². The molecule has 0 aliphatic heterocycles. The number of primary amides is 1. The average Bonchev–Trinajstić information content (AvgIpc) is 2.10. The number of hydrogen-bond donors (Lipinski definition) is 2. The number of urea groups is 1. The Morgan fingerprint density at radius 3 is 2.86 bits per heavy atom. The van der Waals surface area contributed by atoms with Crippen LogP contribution in [0, 0.1) is 0 Å².